The van der Waals surface area contributed by atoms with Crippen LogP contribution in [0.4, 0.5) is 0 Å². The second kappa shape index (κ2) is 3.53. The molecule has 0 saturated heterocycles. The lowest BCUT2D eigenvalue weighted by molar-refractivity contribution is -0.162. The van der Waals surface area contributed by atoms with Gasteiger partial charge >= 0.3 is 0 Å². The van der Waals surface area contributed by atoms with Gasteiger partial charge in [0.1, 0.15) is 5.54 Å². The number of aryl methyl sites for hydroxylation is 1. The molecule has 1 saturated carbocycles. The molecule has 1 aliphatic carbocycles. The smallest absolute Gasteiger partial charge is 0.247 e. The van der Waals surface area contributed by atoms with Crippen LogP contribution in [0.1, 0.15) is 38.9 Å². The van der Waals surface area contributed by atoms with Gasteiger partial charge in [0.25, 0.3) is 0 Å². The van der Waals surface area contributed by atoms with E-state index in [0.717, 1.165) is 6.42 Å². The molecule has 0 radical (unpaired) electrons. The maximum atomic E-state index is 6.36. The number of ether oxygens (including phenoxy) is 1. The number of nitrogens with zero attached hydrogens (tertiary/aromatic N) is 2. The molecule has 1 aromatic rings. The van der Waals surface area contributed by atoms with Crippen molar-refractivity contribution in [3.63, 3.8) is 0 Å². The third kappa shape index (κ3) is 1.38. The molecule has 2 atom stereocenters. The van der Waals surface area contributed by atoms with Gasteiger partial charge in [0, 0.05) is 18.4 Å². The summed E-state index contributed by atoms with van der Waals surface area (Å²) in [6.07, 6.45) is 0.893. The molecule has 2 rings (SSSR count). The number of hydrogen-bond donors (Lipinski definition) is 1. The van der Waals surface area contributed by atoms with E-state index in [1.807, 2.05) is 6.92 Å². The molecule has 16 heavy (non-hydrogen) atoms. The lowest BCUT2D eigenvalue weighted by Crippen LogP contribution is -2.67. The Hall–Kier alpha value is -0.940. The standard InChI is InChI=1S/C11H19N3O2/c1-5-15-8-6-11(12,10(8,3)4)9-13-7(2)14-16-9/h8H,5-6,12H2,1-4H3. The minimum absolute atomic E-state index is 0.162. The predicted octanol–water partition coefficient (Wildman–Crippen LogP) is 1.37. The largest absolute Gasteiger partial charge is 0.378 e. The first-order chi connectivity index (χ1) is 7.41. The van der Waals surface area contributed by atoms with Crippen molar-refractivity contribution in [3.05, 3.63) is 11.7 Å². The fourth-order valence-electron chi connectivity index (χ4n) is 2.28. The first kappa shape index (κ1) is 11.5. The first-order valence-corrected chi connectivity index (χ1v) is 5.63. The average molecular weight is 225 g/mol. The topological polar surface area (TPSA) is 74.2 Å². The number of nitrogens with two attached hydrogens (primary N) is 1. The van der Waals surface area contributed by atoms with E-state index >= 15 is 0 Å². The molecule has 2 N–H and O–H groups in total. The van der Waals surface area contributed by atoms with E-state index in [9.17, 15) is 0 Å². The van der Waals surface area contributed by atoms with E-state index in [0.29, 0.717) is 18.3 Å². The zero-order valence-electron chi connectivity index (χ0n) is 10.3. The highest BCUT2D eigenvalue weighted by molar-refractivity contribution is 5.20. The van der Waals surface area contributed by atoms with Gasteiger partial charge < -0.3 is 15.0 Å². The maximum Gasteiger partial charge on any atom is 0.247 e. The first-order valence-electron chi connectivity index (χ1n) is 5.63. The van der Waals surface area contributed by atoms with Crippen molar-refractivity contribution >= 4 is 0 Å². The molecule has 5 nitrogen and oxygen atoms in total. The van der Waals surface area contributed by atoms with Gasteiger partial charge in [-0.05, 0) is 13.8 Å². The molecule has 0 aromatic carbocycles. The van der Waals surface area contributed by atoms with E-state index in [1.165, 1.54) is 0 Å². The Bertz CT molecular complexity index is 388. The zero-order chi connectivity index (χ0) is 12.0. The van der Waals surface area contributed by atoms with Crippen molar-refractivity contribution in [3.8, 4) is 0 Å². The third-order valence-electron chi connectivity index (χ3n) is 3.74. The summed E-state index contributed by atoms with van der Waals surface area (Å²) in [6, 6.07) is 0. The summed E-state index contributed by atoms with van der Waals surface area (Å²) in [6.45, 7) is 8.64. The average Bonchev–Trinajstić information content (AvgIpc) is 2.64. The van der Waals surface area contributed by atoms with Crippen LogP contribution in [0.5, 0.6) is 0 Å². The second-order valence-corrected chi connectivity index (χ2v) is 4.99. The number of hydrogen-bond acceptors (Lipinski definition) is 5. The van der Waals surface area contributed by atoms with Gasteiger partial charge in [-0.25, -0.2) is 0 Å². The zero-order valence-corrected chi connectivity index (χ0v) is 10.3. The molecule has 1 aliphatic rings. The lowest BCUT2D eigenvalue weighted by atomic mass is 9.54. The van der Waals surface area contributed by atoms with Gasteiger partial charge in [-0.2, -0.15) is 4.98 Å². The van der Waals surface area contributed by atoms with Crippen LogP contribution in [0.3, 0.4) is 0 Å². The lowest BCUT2D eigenvalue weighted by Gasteiger charge is -2.56. The van der Waals surface area contributed by atoms with Crippen molar-refractivity contribution in [1.82, 2.24) is 10.1 Å². The monoisotopic (exact) mass is 225 g/mol. The Kier molecular flexibility index (Phi) is 2.55. The van der Waals surface area contributed by atoms with Gasteiger partial charge in [0.2, 0.25) is 5.89 Å². The Labute approximate surface area is 95.3 Å². The highest BCUT2D eigenvalue weighted by Crippen LogP contribution is 2.54. The summed E-state index contributed by atoms with van der Waals surface area (Å²) in [7, 11) is 0. The third-order valence-corrected chi connectivity index (χ3v) is 3.74. The minimum Gasteiger partial charge on any atom is -0.378 e. The summed E-state index contributed by atoms with van der Waals surface area (Å²) in [5.41, 5.74) is 5.62. The predicted molar refractivity (Wildman–Crippen MR) is 58.7 cm³/mol. The minimum atomic E-state index is -0.561. The Morgan fingerprint density at radius 1 is 1.56 bits per heavy atom. The van der Waals surface area contributed by atoms with Gasteiger partial charge in [-0.15, -0.1) is 0 Å². The van der Waals surface area contributed by atoms with Crippen molar-refractivity contribution in [2.75, 3.05) is 6.61 Å². The normalized spacial score (nSPS) is 32.4. The second-order valence-electron chi connectivity index (χ2n) is 4.99. The summed E-state index contributed by atoms with van der Waals surface area (Å²) in [4.78, 5) is 4.24. The van der Waals surface area contributed by atoms with Crippen LogP contribution in [0, 0.1) is 12.3 Å². The van der Waals surface area contributed by atoms with Gasteiger partial charge in [0.15, 0.2) is 5.82 Å². The molecule has 0 amide bonds. The highest BCUT2D eigenvalue weighted by atomic mass is 16.5. The molecule has 2 unspecified atom stereocenters. The molecule has 5 heteroatoms. The summed E-state index contributed by atoms with van der Waals surface area (Å²) in [5, 5.41) is 3.79. The van der Waals surface area contributed by atoms with Gasteiger partial charge in [-0.3, -0.25) is 0 Å². The fraction of sp³-hybridized carbons (Fsp3) is 0.818. The van der Waals surface area contributed by atoms with Crippen LogP contribution >= 0.6 is 0 Å². The van der Waals surface area contributed by atoms with E-state index in [1.54, 1.807) is 6.92 Å². The summed E-state index contributed by atoms with van der Waals surface area (Å²) >= 11 is 0. The van der Waals surface area contributed by atoms with Crippen LogP contribution in [-0.2, 0) is 10.3 Å². The van der Waals surface area contributed by atoms with Crippen molar-refractivity contribution in [2.45, 2.75) is 45.8 Å². The van der Waals surface area contributed by atoms with Crippen molar-refractivity contribution < 1.29 is 9.26 Å². The van der Waals surface area contributed by atoms with E-state index in [-0.39, 0.29) is 11.5 Å². The number of rotatable bonds is 3. The van der Waals surface area contributed by atoms with Crippen molar-refractivity contribution in [1.29, 1.82) is 0 Å². The Morgan fingerprint density at radius 3 is 2.69 bits per heavy atom. The van der Waals surface area contributed by atoms with Crippen LogP contribution < -0.4 is 5.73 Å². The van der Waals surface area contributed by atoms with Gasteiger partial charge in [0.05, 0.1) is 6.10 Å². The maximum absolute atomic E-state index is 6.36. The Balaban J connectivity index is 2.23. The van der Waals surface area contributed by atoms with E-state index < -0.39 is 5.54 Å². The molecule has 1 fully saturated rings. The molecule has 90 valence electrons. The molecular weight excluding hydrogens is 206 g/mol. The molecule has 1 heterocycles. The molecule has 0 aliphatic heterocycles. The highest BCUT2D eigenvalue weighted by Gasteiger charge is 2.62. The summed E-state index contributed by atoms with van der Waals surface area (Å²) < 4.78 is 10.8. The SMILES string of the molecule is CCOC1CC(N)(c2nc(C)no2)C1(C)C. The molecular formula is C11H19N3O2. The molecule has 1 aromatic heterocycles. The van der Waals surface area contributed by atoms with Gasteiger partial charge in [-0.1, -0.05) is 19.0 Å². The van der Waals surface area contributed by atoms with E-state index in [2.05, 4.69) is 24.0 Å². The summed E-state index contributed by atoms with van der Waals surface area (Å²) in [5.74, 6) is 1.14. The van der Waals surface area contributed by atoms with Crippen LogP contribution in [0.2, 0.25) is 0 Å². The van der Waals surface area contributed by atoms with E-state index in [4.69, 9.17) is 15.0 Å². The van der Waals surface area contributed by atoms with Crippen molar-refractivity contribution in [2.24, 2.45) is 11.1 Å². The van der Waals surface area contributed by atoms with Crippen LogP contribution in [0.15, 0.2) is 4.52 Å². The quantitative estimate of drug-likeness (QED) is 0.840. The van der Waals surface area contributed by atoms with Crippen LogP contribution in [0.25, 0.3) is 0 Å². The Morgan fingerprint density at radius 2 is 2.25 bits per heavy atom. The van der Waals surface area contributed by atoms with Crippen LogP contribution in [-0.4, -0.2) is 22.9 Å². The molecule has 0 spiro atoms. The fourth-order valence-corrected chi connectivity index (χ4v) is 2.28. The number of aromatic nitrogens is 2. The molecule has 0 bridgehead atoms.